The van der Waals surface area contributed by atoms with Gasteiger partial charge in [-0.1, -0.05) is 0 Å². The number of nitrogens with two attached hydrogens (primary N) is 2. The zero-order chi connectivity index (χ0) is 9.84. The van der Waals surface area contributed by atoms with Crippen molar-refractivity contribution in [2.24, 2.45) is 5.73 Å². The largest absolute Gasteiger partial charge is 0.481 e. The summed E-state index contributed by atoms with van der Waals surface area (Å²) in [6.07, 6.45) is 0.704. The second-order valence-corrected chi connectivity index (χ2v) is 2.69. The van der Waals surface area contributed by atoms with Gasteiger partial charge < -0.3 is 16.2 Å². The van der Waals surface area contributed by atoms with E-state index in [-0.39, 0.29) is 5.95 Å². The molecule has 0 radical (unpaired) electrons. The number of hydrogen-bond acceptors (Lipinski definition) is 5. The third-order valence-electron chi connectivity index (χ3n) is 1.78. The molecule has 0 bridgehead atoms. The molecule has 0 aliphatic carbocycles. The standard InChI is InChI=1S/C8H14N4O/c1-5-6(3-4-9)7(13-2)12-8(10)11-5/h3-4,9H2,1-2H3,(H2,10,11,12). The van der Waals surface area contributed by atoms with Gasteiger partial charge in [0.1, 0.15) is 0 Å². The Morgan fingerprint density at radius 2 is 2.08 bits per heavy atom. The molecule has 13 heavy (non-hydrogen) atoms. The maximum Gasteiger partial charge on any atom is 0.223 e. The second kappa shape index (κ2) is 4.04. The fraction of sp³-hybridized carbons (Fsp3) is 0.500. The SMILES string of the molecule is COc1nc(N)nc(C)c1CCN. The predicted octanol–water partition coefficient (Wildman–Crippen LogP) is -0.123. The molecule has 72 valence electrons. The van der Waals surface area contributed by atoms with Crippen molar-refractivity contribution >= 4 is 5.95 Å². The van der Waals surface area contributed by atoms with Gasteiger partial charge in [-0.2, -0.15) is 4.98 Å². The molecule has 0 saturated carbocycles. The summed E-state index contributed by atoms with van der Waals surface area (Å²) in [6, 6.07) is 0. The first-order valence-electron chi connectivity index (χ1n) is 4.06. The van der Waals surface area contributed by atoms with Crippen LogP contribution in [0, 0.1) is 6.92 Å². The van der Waals surface area contributed by atoms with E-state index in [2.05, 4.69) is 9.97 Å². The number of anilines is 1. The lowest BCUT2D eigenvalue weighted by Gasteiger charge is -2.09. The van der Waals surface area contributed by atoms with Crippen molar-refractivity contribution in [1.82, 2.24) is 9.97 Å². The van der Waals surface area contributed by atoms with E-state index in [1.807, 2.05) is 6.92 Å². The van der Waals surface area contributed by atoms with Gasteiger partial charge in [0.05, 0.1) is 7.11 Å². The molecule has 0 spiro atoms. The number of aromatic nitrogens is 2. The molecular weight excluding hydrogens is 168 g/mol. The summed E-state index contributed by atoms with van der Waals surface area (Å²) in [5.74, 6) is 0.755. The molecule has 4 N–H and O–H groups in total. The second-order valence-electron chi connectivity index (χ2n) is 2.69. The van der Waals surface area contributed by atoms with Crippen LogP contribution in [-0.2, 0) is 6.42 Å². The number of rotatable bonds is 3. The van der Waals surface area contributed by atoms with Crippen LogP contribution < -0.4 is 16.2 Å². The van der Waals surface area contributed by atoms with E-state index in [9.17, 15) is 0 Å². The van der Waals surface area contributed by atoms with Crippen LogP contribution in [0.4, 0.5) is 5.95 Å². The highest BCUT2D eigenvalue weighted by Crippen LogP contribution is 2.19. The predicted molar refractivity (Wildman–Crippen MR) is 50.5 cm³/mol. The van der Waals surface area contributed by atoms with Crippen LogP contribution in [-0.4, -0.2) is 23.6 Å². The van der Waals surface area contributed by atoms with E-state index in [1.165, 1.54) is 0 Å². The number of aryl methyl sites for hydroxylation is 1. The third-order valence-corrected chi connectivity index (χ3v) is 1.78. The molecule has 1 aromatic heterocycles. The van der Waals surface area contributed by atoms with Gasteiger partial charge in [-0.25, -0.2) is 4.98 Å². The minimum absolute atomic E-state index is 0.232. The molecule has 0 atom stereocenters. The molecular formula is C8H14N4O. The Labute approximate surface area is 77.1 Å². The van der Waals surface area contributed by atoms with Crippen molar-refractivity contribution in [3.05, 3.63) is 11.3 Å². The highest BCUT2D eigenvalue weighted by molar-refractivity contribution is 5.35. The lowest BCUT2D eigenvalue weighted by molar-refractivity contribution is 0.391. The van der Waals surface area contributed by atoms with Crippen molar-refractivity contribution in [2.45, 2.75) is 13.3 Å². The van der Waals surface area contributed by atoms with E-state index in [0.29, 0.717) is 18.8 Å². The Hall–Kier alpha value is -1.36. The Morgan fingerprint density at radius 1 is 1.38 bits per heavy atom. The maximum atomic E-state index is 5.47. The van der Waals surface area contributed by atoms with Gasteiger partial charge in [-0.3, -0.25) is 0 Å². The monoisotopic (exact) mass is 182 g/mol. The number of hydrogen-bond donors (Lipinski definition) is 2. The van der Waals surface area contributed by atoms with Crippen molar-refractivity contribution in [2.75, 3.05) is 19.4 Å². The molecule has 1 rings (SSSR count). The fourth-order valence-corrected chi connectivity index (χ4v) is 1.19. The van der Waals surface area contributed by atoms with Gasteiger partial charge in [0, 0.05) is 11.3 Å². The quantitative estimate of drug-likeness (QED) is 0.680. The first kappa shape index (κ1) is 9.73. The van der Waals surface area contributed by atoms with Crippen molar-refractivity contribution in [1.29, 1.82) is 0 Å². The third kappa shape index (κ3) is 2.06. The van der Waals surface area contributed by atoms with E-state index in [1.54, 1.807) is 7.11 Å². The van der Waals surface area contributed by atoms with Crippen LogP contribution in [0.1, 0.15) is 11.3 Å². The van der Waals surface area contributed by atoms with Crippen LogP contribution >= 0.6 is 0 Å². The van der Waals surface area contributed by atoms with Gasteiger partial charge in [0.25, 0.3) is 0 Å². The lowest BCUT2D eigenvalue weighted by atomic mass is 10.1. The maximum absolute atomic E-state index is 5.47. The Morgan fingerprint density at radius 3 is 2.62 bits per heavy atom. The van der Waals surface area contributed by atoms with E-state index in [0.717, 1.165) is 11.3 Å². The molecule has 0 aliphatic rings. The zero-order valence-corrected chi connectivity index (χ0v) is 7.87. The van der Waals surface area contributed by atoms with Crippen LogP contribution in [0.5, 0.6) is 5.88 Å². The molecule has 1 heterocycles. The molecule has 0 aliphatic heterocycles. The van der Waals surface area contributed by atoms with Crippen molar-refractivity contribution in [3.8, 4) is 5.88 Å². The molecule has 1 aromatic rings. The molecule has 0 fully saturated rings. The van der Waals surface area contributed by atoms with Crippen LogP contribution in [0.3, 0.4) is 0 Å². The van der Waals surface area contributed by atoms with Crippen LogP contribution in [0.2, 0.25) is 0 Å². The highest BCUT2D eigenvalue weighted by Gasteiger charge is 2.09. The van der Waals surface area contributed by atoms with Crippen molar-refractivity contribution < 1.29 is 4.74 Å². The normalized spacial score (nSPS) is 10.1. The molecule has 0 unspecified atom stereocenters. The van der Waals surface area contributed by atoms with Crippen molar-refractivity contribution in [3.63, 3.8) is 0 Å². The number of methoxy groups -OCH3 is 1. The van der Waals surface area contributed by atoms with E-state index >= 15 is 0 Å². The number of ether oxygens (including phenoxy) is 1. The highest BCUT2D eigenvalue weighted by atomic mass is 16.5. The molecule has 0 aromatic carbocycles. The Bertz CT molecular complexity index is 300. The van der Waals surface area contributed by atoms with Gasteiger partial charge >= 0.3 is 0 Å². The summed E-state index contributed by atoms with van der Waals surface area (Å²) in [6.45, 7) is 2.41. The average molecular weight is 182 g/mol. The first-order valence-corrected chi connectivity index (χ1v) is 4.06. The zero-order valence-electron chi connectivity index (χ0n) is 7.87. The van der Waals surface area contributed by atoms with Gasteiger partial charge in [-0.05, 0) is 19.9 Å². The fourth-order valence-electron chi connectivity index (χ4n) is 1.19. The first-order chi connectivity index (χ1) is 6.19. The minimum Gasteiger partial charge on any atom is -0.481 e. The number of nitrogens with zero attached hydrogens (tertiary/aromatic N) is 2. The summed E-state index contributed by atoms with van der Waals surface area (Å²) >= 11 is 0. The van der Waals surface area contributed by atoms with Gasteiger partial charge in [0.2, 0.25) is 11.8 Å². The van der Waals surface area contributed by atoms with Gasteiger partial charge in [-0.15, -0.1) is 0 Å². The summed E-state index contributed by atoms with van der Waals surface area (Å²) in [5.41, 5.74) is 12.7. The van der Waals surface area contributed by atoms with Crippen LogP contribution in [0.25, 0.3) is 0 Å². The average Bonchev–Trinajstić information content (AvgIpc) is 2.09. The Balaban J connectivity index is 3.13. The smallest absolute Gasteiger partial charge is 0.223 e. The van der Waals surface area contributed by atoms with Crippen LogP contribution in [0.15, 0.2) is 0 Å². The molecule has 5 nitrogen and oxygen atoms in total. The summed E-state index contributed by atoms with van der Waals surface area (Å²) < 4.78 is 5.07. The van der Waals surface area contributed by atoms with E-state index in [4.69, 9.17) is 16.2 Å². The lowest BCUT2D eigenvalue weighted by Crippen LogP contribution is -2.10. The summed E-state index contributed by atoms with van der Waals surface area (Å²) in [4.78, 5) is 7.99. The number of nitrogen functional groups attached to an aromatic ring is 1. The Kier molecular flexibility index (Phi) is 3.02. The van der Waals surface area contributed by atoms with Gasteiger partial charge in [0.15, 0.2) is 0 Å². The molecule has 0 amide bonds. The molecule has 0 saturated heterocycles. The summed E-state index contributed by atoms with van der Waals surface area (Å²) in [7, 11) is 1.56. The topological polar surface area (TPSA) is 87.0 Å². The molecule has 5 heteroatoms. The summed E-state index contributed by atoms with van der Waals surface area (Å²) in [5, 5.41) is 0. The minimum atomic E-state index is 0.232. The van der Waals surface area contributed by atoms with E-state index < -0.39 is 0 Å².